The summed E-state index contributed by atoms with van der Waals surface area (Å²) in [5.74, 6) is 0. The first-order valence-corrected chi connectivity index (χ1v) is 9.35. The molecular formula is C17H25N3OS. The van der Waals surface area contributed by atoms with Gasteiger partial charge in [0.15, 0.2) is 0 Å². The Labute approximate surface area is 137 Å². The van der Waals surface area contributed by atoms with Gasteiger partial charge in [0.2, 0.25) is 0 Å². The third kappa shape index (κ3) is 3.41. The molecule has 0 bridgehead atoms. The number of benzene rings is 1. The van der Waals surface area contributed by atoms with Gasteiger partial charge in [0.1, 0.15) is 0 Å². The average molecular weight is 319 g/mol. The number of carbonyl (C=O) groups excluding carboxylic acids is 1. The van der Waals surface area contributed by atoms with Crippen molar-refractivity contribution in [3.05, 3.63) is 24.3 Å². The van der Waals surface area contributed by atoms with Crippen LogP contribution in [-0.2, 0) is 0 Å². The van der Waals surface area contributed by atoms with Crippen LogP contribution in [0.4, 0.5) is 10.5 Å². The zero-order chi connectivity index (χ0) is 15.5. The molecule has 22 heavy (non-hydrogen) atoms. The van der Waals surface area contributed by atoms with Crippen LogP contribution in [0.25, 0.3) is 0 Å². The second kappa shape index (κ2) is 6.92. The number of piperidine rings is 1. The SMILES string of the molecule is CSc1ccc(NC(=O)N2CC(N3CCCCC3C)C2)cc1. The van der Waals surface area contributed by atoms with Gasteiger partial charge in [-0.25, -0.2) is 4.79 Å². The van der Waals surface area contributed by atoms with Crippen LogP contribution in [0.2, 0.25) is 0 Å². The van der Waals surface area contributed by atoms with Crippen LogP contribution in [0.1, 0.15) is 26.2 Å². The summed E-state index contributed by atoms with van der Waals surface area (Å²) in [6.07, 6.45) is 6.00. The summed E-state index contributed by atoms with van der Waals surface area (Å²) in [4.78, 5) is 18.0. The van der Waals surface area contributed by atoms with Crippen LogP contribution in [0.15, 0.2) is 29.2 Å². The van der Waals surface area contributed by atoms with Crippen LogP contribution < -0.4 is 5.32 Å². The van der Waals surface area contributed by atoms with Gasteiger partial charge in [-0.1, -0.05) is 6.42 Å². The van der Waals surface area contributed by atoms with E-state index in [-0.39, 0.29) is 6.03 Å². The Morgan fingerprint density at radius 3 is 2.59 bits per heavy atom. The Kier molecular flexibility index (Phi) is 4.93. The van der Waals surface area contributed by atoms with Crippen LogP contribution in [-0.4, -0.2) is 53.8 Å². The highest BCUT2D eigenvalue weighted by atomic mass is 32.2. The summed E-state index contributed by atoms with van der Waals surface area (Å²) in [5, 5.41) is 2.99. The number of nitrogens with one attached hydrogen (secondary N) is 1. The van der Waals surface area contributed by atoms with E-state index in [4.69, 9.17) is 0 Å². The number of anilines is 1. The molecule has 1 aromatic carbocycles. The minimum atomic E-state index is 0.0258. The molecule has 2 aliphatic heterocycles. The van der Waals surface area contributed by atoms with Gasteiger partial charge in [-0.2, -0.15) is 0 Å². The smallest absolute Gasteiger partial charge is 0.321 e. The van der Waals surface area contributed by atoms with E-state index in [2.05, 4.69) is 23.4 Å². The van der Waals surface area contributed by atoms with E-state index in [0.717, 1.165) is 18.8 Å². The molecule has 0 aliphatic carbocycles. The minimum Gasteiger partial charge on any atom is -0.321 e. The standard InChI is InChI=1S/C17H25N3OS/c1-13-5-3-4-10-20(13)15-11-19(12-15)17(21)18-14-6-8-16(22-2)9-7-14/h6-9,13,15H,3-5,10-12H2,1-2H3,(H,18,21). The first kappa shape index (κ1) is 15.7. The number of hydrogen-bond donors (Lipinski definition) is 1. The number of amides is 2. The van der Waals surface area contributed by atoms with Crippen LogP contribution >= 0.6 is 11.8 Å². The maximum atomic E-state index is 12.3. The number of carbonyl (C=O) groups is 1. The highest BCUT2D eigenvalue weighted by Crippen LogP contribution is 2.25. The van der Waals surface area contributed by atoms with Crippen molar-refractivity contribution in [2.24, 2.45) is 0 Å². The molecule has 0 saturated carbocycles. The lowest BCUT2D eigenvalue weighted by molar-refractivity contribution is 0.0199. The highest BCUT2D eigenvalue weighted by molar-refractivity contribution is 7.98. The fraction of sp³-hybridized carbons (Fsp3) is 0.588. The predicted molar refractivity (Wildman–Crippen MR) is 92.6 cm³/mol. The van der Waals surface area contributed by atoms with E-state index < -0.39 is 0 Å². The summed E-state index contributed by atoms with van der Waals surface area (Å²) in [5.41, 5.74) is 0.873. The molecule has 1 atom stereocenters. The van der Waals surface area contributed by atoms with Crippen LogP contribution in [0, 0.1) is 0 Å². The Balaban J connectivity index is 1.48. The van der Waals surface area contributed by atoms with Gasteiger partial charge < -0.3 is 10.2 Å². The molecule has 1 aromatic rings. The summed E-state index contributed by atoms with van der Waals surface area (Å²) in [7, 11) is 0. The lowest BCUT2D eigenvalue weighted by Crippen LogP contribution is -2.64. The Hall–Kier alpha value is -1.20. The molecule has 0 aromatic heterocycles. The Bertz CT molecular complexity index is 513. The van der Waals surface area contributed by atoms with Gasteiger partial charge >= 0.3 is 6.03 Å². The molecule has 4 nitrogen and oxygen atoms in total. The molecular weight excluding hydrogens is 294 g/mol. The first-order valence-electron chi connectivity index (χ1n) is 8.13. The molecule has 0 radical (unpaired) electrons. The third-order valence-corrected chi connectivity index (χ3v) is 5.56. The van der Waals surface area contributed by atoms with E-state index in [1.807, 2.05) is 29.2 Å². The molecule has 2 amide bonds. The van der Waals surface area contributed by atoms with E-state index >= 15 is 0 Å². The van der Waals surface area contributed by atoms with Crippen LogP contribution in [0.3, 0.4) is 0 Å². The number of hydrogen-bond acceptors (Lipinski definition) is 3. The Morgan fingerprint density at radius 1 is 1.23 bits per heavy atom. The zero-order valence-electron chi connectivity index (χ0n) is 13.4. The molecule has 2 fully saturated rings. The van der Waals surface area contributed by atoms with E-state index in [1.54, 1.807) is 11.8 Å². The molecule has 3 rings (SSSR count). The van der Waals surface area contributed by atoms with Crippen LogP contribution in [0.5, 0.6) is 0 Å². The summed E-state index contributed by atoms with van der Waals surface area (Å²) in [6.45, 7) is 5.23. The van der Waals surface area contributed by atoms with E-state index in [1.165, 1.54) is 30.7 Å². The number of nitrogens with zero attached hydrogens (tertiary/aromatic N) is 2. The third-order valence-electron chi connectivity index (χ3n) is 4.81. The monoisotopic (exact) mass is 319 g/mol. The van der Waals surface area contributed by atoms with Crippen molar-refractivity contribution < 1.29 is 4.79 Å². The van der Waals surface area contributed by atoms with Crippen molar-refractivity contribution in [2.75, 3.05) is 31.2 Å². The van der Waals surface area contributed by atoms with Gasteiger partial charge in [0.05, 0.1) is 0 Å². The molecule has 1 N–H and O–H groups in total. The second-order valence-electron chi connectivity index (χ2n) is 6.30. The lowest BCUT2D eigenvalue weighted by Gasteiger charge is -2.49. The van der Waals surface area contributed by atoms with Crippen molar-refractivity contribution >= 4 is 23.5 Å². The number of thioether (sulfide) groups is 1. The predicted octanol–water partition coefficient (Wildman–Crippen LogP) is 3.50. The molecule has 0 spiro atoms. The van der Waals surface area contributed by atoms with E-state index in [9.17, 15) is 4.79 Å². The lowest BCUT2D eigenvalue weighted by atomic mass is 9.98. The van der Waals surface area contributed by atoms with Gasteiger partial charge in [-0.3, -0.25) is 4.90 Å². The van der Waals surface area contributed by atoms with Gasteiger partial charge in [0, 0.05) is 35.8 Å². The van der Waals surface area contributed by atoms with E-state index in [0.29, 0.717) is 12.1 Å². The first-order chi connectivity index (χ1) is 10.7. The van der Waals surface area contributed by atoms with Crippen molar-refractivity contribution in [3.8, 4) is 0 Å². The van der Waals surface area contributed by atoms with Crippen molar-refractivity contribution in [3.63, 3.8) is 0 Å². The minimum absolute atomic E-state index is 0.0258. The number of urea groups is 1. The molecule has 1 unspecified atom stereocenters. The van der Waals surface area contributed by atoms with Gasteiger partial charge in [0.25, 0.3) is 0 Å². The topological polar surface area (TPSA) is 35.6 Å². The fourth-order valence-corrected chi connectivity index (χ4v) is 3.78. The van der Waals surface area contributed by atoms with Crippen molar-refractivity contribution in [2.45, 2.75) is 43.2 Å². The average Bonchev–Trinajstić information content (AvgIpc) is 2.48. The summed E-state index contributed by atoms with van der Waals surface area (Å²) >= 11 is 1.71. The number of likely N-dealkylation sites (tertiary alicyclic amines) is 2. The molecule has 5 heteroatoms. The van der Waals surface area contributed by atoms with Crippen molar-refractivity contribution in [1.82, 2.24) is 9.80 Å². The molecule has 2 aliphatic rings. The highest BCUT2D eigenvalue weighted by Gasteiger charge is 2.37. The number of rotatable bonds is 3. The summed E-state index contributed by atoms with van der Waals surface area (Å²) in [6, 6.07) is 9.26. The quantitative estimate of drug-likeness (QED) is 0.866. The largest absolute Gasteiger partial charge is 0.321 e. The second-order valence-corrected chi connectivity index (χ2v) is 7.18. The Morgan fingerprint density at radius 2 is 1.95 bits per heavy atom. The zero-order valence-corrected chi connectivity index (χ0v) is 14.2. The normalized spacial score (nSPS) is 23.2. The maximum absolute atomic E-state index is 12.3. The molecule has 120 valence electrons. The fourth-order valence-electron chi connectivity index (χ4n) is 3.37. The molecule has 2 heterocycles. The summed E-state index contributed by atoms with van der Waals surface area (Å²) < 4.78 is 0. The van der Waals surface area contributed by atoms with Crippen molar-refractivity contribution in [1.29, 1.82) is 0 Å². The van der Waals surface area contributed by atoms with Gasteiger partial charge in [-0.05, 0) is 56.8 Å². The molecule has 2 saturated heterocycles. The maximum Gasteiger partial charge on any atom is 0.321 e. The van der Waals surface area contributed by atoms with Gasteiger partial charge in [-0.15, -0.1) is 11.8 Å².